The van der Waals surface area contributed by atoms with Crippen molar-refractivity contribution in [1.82, 2.24) is 0 Å². The number of hydrogen-bond acceptors (Lipinski definition) is 4. The van der Waals surface area contributed by atoms with Gasteiger partial charge >= 0.3 is 6.36 Å². The molecule has 6 nitrogen and oxygen atoms in total. The van der Waals surface area contributed by atoms with Gasteiger partial charge in [-0.3, -0.25) is 9.59 Å². The first-order valence-corrected chi connectivity index (χ1v) is 9.28. The second kappa shape index (κ2) is 9.04. The summed E-state index contributed by atoms with van der Waals surface area (Å²) in [5, 5.41) is 5.17. The Balaban J connectivity index is 1.56. The summed E-state index contributed by atoms with van der Waals surface area (Å²) in [7, 11) is 0. The number of halogens is 4. The van der Waals surface area contributed by atoms with Gasteiger partial charge in [0.2, 0.25) is 5.91 Å². The molecular weight excluding hydrogens is 469 g/mol. The molecule has 30 heavy (non-hydrogen) atoms. The summed E-state index contributed by atoms with van der Waals surface area (Å²) >= 11 is 3.12. The molecule has 156 valence electrons. The highest BCUT2D eigenvalue weighted by atomic mass is 79.9. The van der Waals surface area contributed by atoms with Crippen LogP contribution in [0.15, 0.2) is 69.8 Å². The van der Waals surface area contributed by atoms with Crippen LogP contribution < -0.4 is 15.4 Å². The fourth-order valence-corrected chi connectivity index (χ4v) is 2.80. The van der Waals surface area contributed by atoms with Gasteiger partial charge in [-0.15, -0.1) is 13.2 Å². The number of amides is 2. The number of carbonyl (C=O) groups is 2. The van der Waals surface area contributed by atoms with Gasteiger partial charge in [0.25, 0.3) is 5.91 Å². The number of nitrogens with one attached hydrogen (secondary N) is 2. The van der Waals surface area contributed by atoms with Crippen LogP contribution in [0.3, 0.4) is 0 Å². The molecule has 3 aromatic rings. The zero-order valence-electron chi connectivity index (χ0n) is 15.1. The molecule has 0 aliphatic carbocycles. The van der Waals surface area contributed by atoms with E-state index in [9.17, 15) is 22.8 Å². The third-order valence-corrected chi connectivity index (χ3v) is 4.15. The summed E-state index contributed by atoms with van der Waals surface area (Å²) in [6.07, 6.45) is -4.82. The van der Waals surface area contributed by atoms with Gasteiger partial charge < -0.3 is 19.8 Å². The van der Waals surface area contributed by atoms with E-state index in [0.29, 0.717) is 15.9 Å². The van der Waals surface area contributed by atoms with Crippen LogP contribution in [0, 0.1) is 0 Å². The number of anilines is 2. The van der Waals surface area contributed by atoms with E-state index in [1.165, 1.54) is 18.2 Å². The second-order valence-corrected chi connectivity index (χ2v) is 6.84. The number of hydrogen-bond donors (Lipinski definition) is 2. The highest BCUT2D eigenvalue weighted by Crippen LogP contribution is 2.25. The average Bonchev–Trinajstić information content (AvgIpc) is 3.09. The molecule has 0 radical (unpaired) electrons. The van der Waals surface area contributed by atoms with Crippen LogP contribution >= 0.6 is 15.9 Å². The molecule has 2 amide bonds. The van der Waals surface area contributed by atoms with E-state index in [2.05, 4.69) is 31.3 Å². The molecule has 0 aliphatic heterocycles. The Bertz CT molecular complexity index is 1050. The minimum Gasteiger partial charge on any atom is -0.444 e. The first-order valence-electron chi connectivity index (χ1n) is 8.49. The van der Waals surface area contributed by atoms with Crippen molar-refractivity contribution in [3.63, 3.8) is 0 Å². The van der Waals surface area contributed by atoms with Gasteiger partial charge in [0, 0.05) is 17.4 Å². The van der Waals surface area contributed by atoms with Gasteiger partial charge in [-0.05, 0) is 57.9 Å². The van der Waals surface area contributed by atoms with Crippen molar-refractivity contribution >= 4 is 39.1 Å². The number of ether oxygens (including phenoxy) is 1. The Morgan fingerprint density at radius 2 is 1.70 bits per heavy atom. The lowest BCUT2D eigenvalue weighted by atomic mass is 10.1. The average molecular weight is 483 g/mol. The van der Waals surface area contributed by atoms with Crippen molar-refractivity contribution in [2.24, 2.45) is 0 Å². The van der Waals surface area contributed by atoms with Gasteiger partial charge in [0.05, 0.1) is 6.42 Å². The maximum atomic E-state index is 12.3. The Kier molecular flexibility index (Phi) is 6.46. The lowest BCUT2D eigenvalue weighted by Crippen LogP contribution is -2.18. The highest BCUT2D eigenvalue weighted by molar-refractivity contribution is 9.10. The predicted molar refractivity (Wildman–Crippen MR) is 106 cm³/mol. The first-order chi connectivity index (χ1) is 14.2. The summed E-state index contributed by atoms with van der Waals surface area (Å²) in [5.41, 5.74) is 1.33. The van der Waals surface area contributed by atoms with Crippen molar-refractivity contribution in [3.05, 3.63) is 76.7 Å². The molecule has 0 atom stereocenters. The lowest BCUT2D eigenvalue weighted by molar-refractivity contribution is -0.274. The van der Waals surface area contributed by atoms with Gasteiger partial charge in [0.15, 0.2) is 10.4 Å². The van der Waals surface area contributed by atoms with Crippen molar-refractivity contribution in [3.8, 4) is 5.75 Å². The molecule has 0 saturated heterocycles. The fraction of sp³-hybridized carbons (Fsp3) is 0.100. The molecule has 0 fully saturated rings. The van der Waals surface area contributed by atoms with E-state index in [4.69, 9.17) is 4.42 Å². The predicted octanol–water partition coefficient (Wildman–Crippen LogP) is 5.37. The van der Waals surface area contributed by atoms with Crippen molar-refractivity contribution in [1.29, 1.82) is 0 Å². The summed E-state index contributed by atoms with van der Waals surface area (Å²) in [4.78, 5) is 24.2. The maximum Gasteiger partial charge on any atom is 0.573 e. The summed E-state index contributed by atoms with van der Waals surface area (Å²) in [5.74, 6) is -1.13. The Morgan fingerprint density at radius 1 is 0.967 bits per heavy atom. The van der Waals surface area contributed by atoms with E-state index in [-0.39, 0.29) is 17.9 Å². The molecule has 0 bridgehead atoms. The van der Waals surface area contributed by atoms with E-state index in [0.717, 1.165) is 12.1 Å². The minimum atomic E-state index is -4.81. The fourth-order valence-electron chi connectivity index (χ4n) is 2.50. The summed E-state index contributed by atoms with van der Waals surface area (Å²) in [6.45, 7) is 0. The van der Waals surface area contributed by atoms with E-state index >= 15 is 0 Å². The number of carbonyl (C=O) groups excluding carboxylic acids is 2. The number of benzene rings is 2. The van der Waals surface area contributed by atoms with Gasteiger partial charge in [-0.1, -0.05) is 18.2 Å². The first kappa shape index (κ1) is 21.4. The van der Waals surface area contributed by atoms with Crippen molar-refractivity contribution in [2.75, 3.05) is 10.6 Å². The maximum absolute atomic E-state index is 12.3. The van der Waals surface area contributed by atoms with Crippen LogP contribution in [0.5, 0.6) is 5.75 Å². The molecule has 0 aliphatic rings. The Hall–Kier alpha value is -3.27. The molecule has 3 rings (SSSR count). The molecule has 0 unspecified atom stereocenters. The standard InChI is InChI=1S/C20H14BrF3N2O4/c21-17-9-8-16(29-17)19(28)26-13-6-4-12(5-7-13)10-18(27)25-14-2-1-3-15(11-14)30-20(22,23)24/h1-9,11H,10H2,(H,25,27)(H,26,28). The monoisotopic (exact) mass is 482 g/mol. The van der Waals surface area contributed by atoms with E-state index < -0.39 is 23.9 Å². The van der Waals surface area contributed by atoms with Crippen molar-refractivity contribution < 1.29 is 31.9 Å². The molecule has 2 aromatic carbocycles. The zero-order valence-corrected chi connectivity index (χ0v) is 16.7. The highest BCUT2D eigenvalue weighted by Gasteiger charge is 2.31. The molecule has 1 aromatic heterocycles. The van der Waals surface area contributed by atoms with Gasteiger partial charge in [-0.2, -0.15) is 0 Å². The van der Waals surface area contributed by atoms with Crippen LogP contribution in [0.2, 0.25) is 0 Å². The van der Waals surface area contributed by atoms with E-state index in [1.54, 1.807) is 30.3 Å². The Labute approximate surface area is 177 Å². The van der Waals surface area contributed by atoms with Crippen LogP contribution in [0.4, 0.5) is 24.5 Å². The van der Waals surface area contributed by atoms with Crippen LogP contribution in [-0.2, 0) is 11.2 Å². The SMILES string of the molecule is O=C(Cc1ccc(NC(=O)c2ccc(Br)o2)cc1)Nc1cccc(OC(F)(F)F)c1. The van der Waals surface area contributed by atoms with E-state index in [1.807, 2.05) is 0 Å². The summed E-state index contributed by atoms with van der Waals surface area (Å²) in [6, 6.07) is 14.7. The molecule has 2 N–H and O–H groups in total. The number of alkyl halides is 3. The van der Waals surface area contributed by atoms with Crippen LogP contribution in [0.25, 0.3) is 0 Å². The molecule has 10 heteroatoms. The molecular formula is C20H14BrF3N2O4. The topological polar surface area (TPSA) is 80.6 Å². The third kappa shape index (κ3) is 6.38. The largest absolute Gasteiger partial charge is 0.573 e. The summed E-state index contributed by atoms with van der Waals surface area (Å²) < 4.78 is 46.3. The van der Waals surface area contributed by atoms with Crippen LogP contribution in [-0.4, -0.2) is 18.2 Å². The van der Waals surface area contributed by atoms with Gasteiger partial charge in [0.1, 0.15) is 5.75 Å². The third-order valence-electron chi connectivity index (χ3n) is 3.72. The van der Waals surface area contributed by atoms with Gasteiger partial charge in [-0.25, -0.2) is 0 Å². The zero-order chi connectivity index (χ0) is 21.7. The molecule has 0 saturated carbocycles. The minimum absolute atomic E-state index is 0.0102. The molecule has 0 spiro atoms. The quantitative estimate of drug-likeness (QED) is 0.494. The number of rotatable bonds is 6. The Morgan fingerprint density at radius 3 is 2.33 bits per heavy atom. The molecule has 1 heterocycles. The van der Waals surface area contributed by atoms with Crippen molar-refractivity contribution in [2.45, 2.75) is 12.8 Å². The normalized spacial score (nSPS) is 11.1. The second-order valence-electron chi connectivity index (χ2n) is 6.06. The van der Waals surface area contributed by atoms with Crippen LogP contribution in [0.1, 0.15) is 16.1 Å². The number of furan rings is 1. The smallest absolute Gasteiger partial charge is 0.444 e. The lowest BCUT2D eigenvalue weighted by Gasteiger charge is -2.11.